The topological polar surface area (TPSA) is 125 Å². The molecular formula is C26H36N8O3S. The van der Waals surface area contributed by atoms with Crippen molar-refractivity contribution in [3.8, 4) is 11.3 Å². The van der Waals surface area contributed by atoms with Crippen molar-refractivity contribution in [2.75, 3.05) is 52.3 Å². The zero-order chi connectivity index (χ0) is 25.8. The van der Waals surface area contributed by atoms with Crippen LogP contribution in [0, 0.1) is 0 Å². The minimum Gasteiger partial charge on any atom is -0.381 e. The van der Waals surface area contributed by atoms with Crippen molar-refractivity contribution in [1.82, 2.24) is 29.0 Å². The molecule has 4 aromatic heterocycles. The Hall–Kier alpha value is -3.19. The summed E-state index contributed by atoms with van der Waals surface area (Å²) in [6.45, 7) is 5.18. The molecule has 0 bridgehead atoms. The van der Waals surface area contributed by atoms with Gasteiger partial charge in [-0.2, -0.15) is 23.1 Å². The second-order valence-electron chi connectivity index (χ2n) is 9.29. The summed E-state index contributed by atoms with van der Waals surface area (Å²) in [6.07, 6.45) is 9.89. The average molecular weight is 541 g/mol. The number of nitrogens with one attached hydrogen (secondary N) is 1. The number of morpholine rings is 1. The molecule has 5 heterocycles. The smallest absolute Gasteiger partial charge is 0.254 e. The highest BCUT2D eigenvalue weighted by molar-refractivity contribution is 7.59. The van der Waals surface area contributed by atoms with Crippen LogP contribution in [0.4, 0.5) is 5.82 Å². The van der Waals surface area contributed by atoms with Crippen LogP contribution in [0.2, 0.25) is 0 Å². The number of pyridine rings is 1. The molecule has 0 spiro atoms. The molecule has 0 aromatic carbocycles. The number of amides is 1. The van der Waals surface area contributed by atoms with E-state index in [1.165, 1.54) is 25.5 Å². The van der Waals surface area contributed by atoms with Gasteiger partial charge in [-0.3, -0.25) is 9.69 Å². The highest BCUT2D eigenvalue weighted by Gasteiger charge is 2.19. The standard InChI is InChI=1S/C21H24N8O2.C5H10O.H2S/c1-23-18-11-17(26-21-15(19(22)30)12-25-29(18)21)16-13-28(20-14(16)3-2-4-24-20)6-5-27-7-9-31-10-8-27;1-6-5-3-2-4-5;/h2-4,11-13,23H,5-10H2,1H3,(H2,22,30);5H,2-4H2,1H3;1H2. The number of carbonyl (C=O) groups is 1. The quantitative estimate of drug-likeness (QED) is 0.366. The first-order chi connectivity index (χ1) is 18.1. The summed E-state index contributed by atoms with van der Waals surface area (Å²) in [5, 5.41) is 8.38. The number of methoxy groups -OCH3 is 1. The van der Waals surface area contributed by atoms with Gasteiger partial charge in [0.1, 0.15) is 17.0 Å². The fourth-order valence-electron chi connectivity index (χ4n) is 4.63. The number of nitrogens with two attached hydrogens (primary N) is 1. The fraction of sp³-hybridized carbons (Fsp3) is 0.462. The van der Waals surface area contributed by atoms with Crippen LogP contribution in [0.15, 0.2) is 36.8 Å². The number of hydrogen-bond donors (Lipinski definition) is 2. The minimum atomic E-state index is -0.559. The van der Waals surface area contributed by atoms with Crippen LogP contribution in [0.3, 0.4) is 0 Å². The predicted octanol–water partition coefficient (Wildman–Crippen LogP) is 2.52. The summed E-state index contributed by atoms with van der Waals surface area (Å²) < 4.78 is 14.2. The van der Waals surface area contributed by atoms with Crippen molar-refractivity contribution in [3.05, 3.63) is 42.4 Å². The van der Waals surface area contributed by atoms with Crippen LogP contribution in [-0.2, 0) is 16.0 Å². The number of anilines is 1. The molecule has 12 heteroatoms. The number of ether oxygens (including phenoxy) is 2. The van der Waals surface area contributed by atoms with Crippen LogP contribution in [0.1, 0.15) is 29.6 Å². The largest absolute Gasteiger partial charge is 0.381 e. The molecule has 1 amide bonds. The number of primary amides is 1. The molecule has 38 heavy (non-hydrogen) atoms. The van der Waals surface area contributed by atoms with E-state index in [0.717, 1.165) is 61.7 Å². The highest BCUT2D eigenvalue weighted by Crippen LogP contribution is 2.31. The van der Waals surface area contributed by atoms with Gasteiger partial charge in [0, 0.05) is 69.7 Å². The van der Waals surface area contributed by atoms with E-state index in [0.29, 0.717) is 17.6 Å². The van der Waals surface area contributed by atoms with Crippen LogP contribution in [-0.4, -0.2) is 88.1 Å². The number of nitrogens with zero attached hydrogens (tertiary/aromatic N) is 6. The van der Waals surface area contributed by atoms with Gasteiger partial charge in [-0.25, -0.2) is 9.97 Å². The van der Waals surface area contributed by atoms with Crippen molar-refractivity contribution >= 4 is 41.9 Å². The first-order valence-corrected chi connectivity index (χ1v) is 12.7. The van der Waals surface area contributed by atoms with Crippen molar-refractivity contribution in [2.24, 2.45) is 5.73 Å². The van der Waals surface area contributed by atoms with Crippen molar-refractivity contribution in [2.45, 2.75) is 31.9 Å². The summed E-state index contributed by atoms with van der Waals surface area (Å²) >= 11 is 0. The molecule has 11 nitrogen and oxygen atoms in total. The molecule has 2 aliphatic rings. The van der Waals surface area contributed by atoms with Gasteiger partial charge in [0.25, 0.3) is 5.91 Å². The maximum atomic E-state index is 11.9. The molecule has 1 aliphatic carbocycles. The maximum Gasteiger partial charge on any atom is 0.254 e. The Balaban J connectivity index is 0.000000425. The Morgan fingerprint density at radius 1 is 1.24 bits per heavy atom. The molecule has 1 saturated carbocycles. The number of carbonyl (C=O) groups excluding carboxylic acids is 1. The lowest BCUT2D eigenvalue weighted by Gasteiger charge is -2.26. The molecule has 1 saturated heterocycles. The Bertz CT molecular complexity index is 1380. The SMILES string of the molecule is CNc1cc(-c2cn(CCN3CCOCC3)c3ncccc23)nc2c(C(N)=O)cnn12.COC1CCC1.S. The van der Waals surface area contributed by atoms with Crippen molar-refractivity contribution < 1.29 is 14.3 Å². The molecule has 204 valence electrons. The molecule has 2 fully saturated rings. The van der Waals surface area contributed by atoms with E-state index in [2.05, 4.69) is 31.1 Å². The van der Waals surface area contributed by atoms with Gasteiger partial charge in [-0.15, -0.1) is 0 Å². The lowest BCUT2D eigenvalue weighted by Crippen LogP contribution is -2.38. The van der Waals surface area contributed by atoms with Gasteiger partial charge in [0.15, 0.2) is 5.65 Å². The Kier molecular flexibility index (Phi) is 9.21. The predicted molar refractivity (Wildman–Crippen MR) is 152 cm³/mol. The van der Waals surface area contributed by atoms with Gasteiger partial charge in [-0.1, -0.05) is 0 Å². The zero-order valence-electron chi connectivity index (χ0n) is 21.9. The van der Waals surface area contributed by atoms with Gasteiger partial charge >= 0.3 is 0 Å². The van der Waals surface area contributed by atoms with Gasteiger partial charge in [0.05, 0.1) is 31.2 Å². The van der Waals surface area contributed by atoms with Crippen molar-refractivity contribution in [3.63, 3.8) is 0 Å². The summed E-state index contributed by atoms with van der Waals surface area (Å²) in [6, 6.07) is 5.88. The lowest BCUT2D eigenvalue weighted by molar-refractivity contribution is 0.0365. The molecule has 4 aromatic rings. The first kappa shape index (κ1) is 27.8. The Morgan fingerprint density at radius 2 is 2.03 bits per heavy atom. The Morgan fingerprint density at radius 3 is 2.66 bits per heavy atom. The summed E-state index contributed by atoms with van der Waals surface area (Å²) in [4.78, 5) is 23.6. The van der Waals surface area contributed by atoms with Gasteiger partial charge < -0.3 is 25.1 Å². The van der Waals surface area contributed by atoms with E-state index in [1.807, 2.05) is 18.2 Å². The average Bonchev–Trinajstić information content (AvgIpc) is 3.49. The third-order valence-electron chi connectivity index (χ3n) is 7.05. The molecule has 3 N–H and O–H groups in total. The Labute approximate surface area is 228 Å². The van der Waals surface area contributed by atoms with Crippen LogP contribution >= 0.6 is 13.5 Å². The van der Waals surface area contributed by atoms with Crippen molar-refractivity contribution in [1.29, 1.82) is 0 Å². The number of fused-ring (bicyclic) bond motifs is 2. The molecule has 0 unspecified atom stereocenters. The third kappa shape index (κ3) is 5.78. The fourth-order valence-corrected chi connectivity index (χ4v) is 4.63. The second-order valence-corrected chi connectivity index (χ2v) is 9.29. The highest BCUT2D eigenvalue weighted by atomic mass is 32.1. The van der Waals surface area contributed by atoms with E-state index < -0.39 is 5.91 Å². The summed E-state index contributed by atoms with van der Waals surface area (Å²) in [7, 11) is 3.58. The lowest BCUT2D eigenvalue weighted by atomic mass is 9.96. The molecule has 1 aliphatic heterocycles. The monoisotopic (exact) mass is 540 g/mol. The first-order valence-electron chi connectivity index (χ1n) is 12.7. The van der Waals surface area contributed by atoms with E-state index >= 15 is 0 Å². The van der Waals surface area contributed by atoms with E-state index in [9.17, 15) is 4.79 Å². The second kappa shape index (κ2) is 12.6. The summed E-state index contributed by atoms with van der Waals surface area (Å²) in [5.74, 6) is 0.155. The molecule has 0 radical (unpaired) electrons. The summed E-state index contributed by atoms with van der Waals surface area (Å²) in [5.41, 5.74) is 8.81. The molecule has 6 rings (SSSR count). The molecular weight excluding hydrogens is 504 g/mol. The number of hydrogen-bond acceptors (Lipinski definition) is 8. The number of rotatable bonds is 7. The van der Waals surface area contributed by atoms with Gasteiger partial charge in [-0.05, 0) is 31.4 Å². The van der Waals surface area contributed by atoms with E-state index in [4.69, 9.17) is 20.2 Å². The zero-order valence-corrected chi connectivity index (χ0v) is 22.9. The number of aromatic nitrogens is 5. The minimum absolute atomic E-state index is 0. The maximum absolute atomic E-state index is 11.9. The normalized spacial score (nSPS) is 15.9. The van der Waals surface area contributed by atoms with E-state index in [1.54, 1.807) is 24.9 Å². The third-order valence-corrected chi connectivity index (χ3v) is 7.05. The van der Waals surface area contributed by atoms with Crippen LogP contribution in [0.25, 0.3) is 27.9 Å². The van der Waals surface area contributed by atoms with Gasteiger partial charge in [0.2, 0.25) is 0 Å². The van der Waals surface area contributed by atoms with Crippen LogP contribution < -0.4 is 11.1 Å². The van der Waals surface area contributed by atoms with E-state index in [-0.39, 0.29) is 19.1 Å². The van der Waals surface area contributed by atoms with Crippen LogP contribution in [0.5, 0.6) is 0 Å². The molecule has 0 atom stereocenters.